The van der Waals surface area contributed by atoms with Gasteiger partial charge in [0.25, 0.3) is 0 Å². The number of nitrogens with zero attached hydrogens (tertiary/aromatic N) is 4. The van der Waals surface area contributed by atoms with Crippen LogP contribution in [0.4, 0.5) is 0 Å². The molecule has 0 N–H and O–H groups in total. The monoisotopic (exact) mass is 226 g/mol. The molecule has 86 valence electrons. The zero-order chi connectivity index (χ0) is 12.1. The fraction of sp³-hybridized carbons (Fsp3) is 0.308. The summed E-state index contributed by atoms with van der Waals surface area (Å²) in [4.78, 5) is 1.62. The molecule has 0 aliphatic heterocycles. The third-order valence-corrected chi connectivity index (χ3v) is 2.52. The van der Waals surface area contributed by atoms with Gasteiger partial charge in [-0.3, -0.25) is 0 Å². The first-order valence-corrected chi connectivity index (χ1v) is 5.75. The molecule has 1 aromatic carbocycles. The third kappa shape index (κ3) is 2.51. The van der Waals surface area contributed by atoms with Crippen molar-refractivity contribution in [1.82, 2.24) is 15.0 Å². The lowest BCUT2D eigenvalue weighted by Gasteiger charge is -1.96. The van der Waals surface area contributed by atoms with Crippen LogP contribution in [0.1, 0.15) is 25.5 Å². The predicted octanol–water partition coefficient (Wildman–Crippen LogP) is 2.62. The largest absolute Gasteiger partial charge is 0.191 e. The quantitative estimate of drug-likeness (QED) is 0.805. The Morgan fingerprint density at radius 1 is 1.24 bits per heavy atom. The molecule has 0 bridgehead atoms. The highest BCUT2D eigenvalue weighted by Crippen LogP contribution is 2.19. The Balaban J connectivity index is 2.34. The first kappa shape index (κ1) is 11.3. The Bertz CT molecular complexity index is 522. The second-order valence-corrected chi connectivity index (χ2v) is 3.82. The molecule has 1 heterocycles. The average Bonchev–Trinajstić information content (AvgIpc) is 2.80. The molecule has 2 rings (SSSR count). The van der Waals surface area contributed by atoms with Crippen molar-refractivity contribution in [1.29, 1.82) is 5.26 Å². The fourth-order valence-corrected chi connectivity index (χ4v) is 1.61. The fourth-order valence-electron chi connectivity index (χ4n) is 1.61. The minimum Gasteiger partial charge on any atom is -0.191 e. The van der Waals surface area contributed by atoms with Gasteiger partial charge in [-0.15, -0.1) is 5.10 Å². The minimum absolute atomic E-state index is 0.396. The highest BCUT2D eigenvalue weighted by atomic mass is 15.5. The molecule has 0 saturated carbocycles. The van der Waals surface area contributed by atoms with Gasteiger partial charge >= 0.3 is 0 Å². The van der Waals surface area contributed by atoms with Crippen molar-refractivity contribution in [2.45, 2.75) is 26.3 Å². The van der Waals surface area contributed by atoms with Crippen molar-refractivity contribution in [3.63, 3.8) is 0 Å². The lowest BCUT2D eigenvalue weighted by Crippen LogP contribution is -2.02. The van der Waals surface area contributed by atoms with E-state index in [9.17, 15) is 0 Å². The predicted molar refractivity (Wildman–Crippen MR) is 65.1 cm³/mol. The van der Waals surface area contributed by atoms with E-state index < -0.39 is 0 Å². The van der Waals surface area contributed by atoms with E-state index in [0.717, 1.165) is 24.9 Å². The summed E-state index contributed by atoms with van der Waals surface area (Å²) < 4.78 is 0. The van der Waals surface area contributed by atoms with Crippen LogP contribution in [-0.4, -0.2) is 15.0 Å². The number of hydrogen-bond donors (Lipinski definition) is 0. The highest BCUT2D eigenvalue weighted by molar-refractivity contribution is 5.63. The van der Waals surface area contributed by atoms with Crippen molar-refractivity contribution < 1.29 is 0 Å². The van der Waals surface area contributed by atoms with Crippen molar-refractivity contribution in [2.75, 3.05) is 0 Å². The van der Waals surface area contributed by atoms with Gasteiger partial charge in [-0.1, -0.05) is 43.7 Å². The van der Waals surface area contributed by atoms with E-state index in [4.69, 9.17) is 5.26 Å². The SMILES string of the molecule is CCCCn1nc(C#N)c(-c2ccccc2)n1. The second kappa shape index (κ2) is 5.26. The molecule has 0 amide bonds. The van der Waals surface area contributed by atoms with E-state index in [1.165, 1.54) is 0 Å². The Morgan fingerprint density at radius 2 is 2.00 bits per heavy atom. The smallest absolute Gasteiger partial charge is 0.190 e. The molecule has 0 saturated heterocycles. The molecule has 17 heavy (non-hydrogen) atoms. The molecular formula is C13H14N4. The van der Waals surface area contributed by atoms with Crippen LogP contribution in [0, 0.1) is 11.3 Å². The number of aryl methyl sites for hydroxylation is 1. The molecule has 0 radical (unpaired) electrons. The Kier molecular flexibility index (Phi) is 3.51. The summed E-state index contributed by atoms with van der Waals surface area (Å²) in [5.74, 6) is 0. The summed E-state index contributed by atoms with van der Waals surface area (Å²) in [7, 11) is 0. The molecule has 2 aromatic rings. The number of unbranched alkanes of at least 4 members (excludes halogenated alkanes) is 1. The molecule has 0 fully saturated rings. The van der Waals surface area contributed by atoms with Crippen LogP contribution >= 0.6 is 0 Å². The molecular weight excluding hydrogens is 212 g/mol. The lowest BCUT2D eigenvalue weighted by atomic mass is 10.1. The van der Waals surface area contributed by atoms with E-state index in [0.29, 0.717) is 11.4 Å². The third-order valence-electron chi connectivity index (χ3n) is 2.52. The number of nitriles is 1. The van der Waals surface area contributed by atoms with Crippen LogP contribution < -0.4 is 0 Å². The van der Waals surface area contributed by atoms with Crippen molar-refractivity contribution in [2.24, 2.45) is 0 Å². The maximum Gasteiger partial charge on any atom is 0.190 e. The summed E-state index contributed by atoms with van der Waals surface area (Å²) in [6.07, 6.45) is 2.11. The van der Waals surface area contributed by atoms with Crippen LogP contribution in [0.5, 0.6) is 0 Å². The average molecular weight is 226 g/mol. The summed E-state index contributed by atoms with van der Waals surface area (Å²) in [5.41, 5.74) is 2.00. The summed E-state index contributed by atoms with van der Waals surface area (Å²) in [5, 5.41) is 17.6. The molecule has 1 aromatic heterocycles. The topological polar surface area (TPSA) is 54.5 Å². The molecule has 4 nitrogen and oxygen atoms in total. The minimum atomic E-state index is 0.396. The molecule has 0 aliphatic rings. The number of benzene rings is 1. The van der Waals surface area contributed by atoms with Gasteiger partial charge in [0.1, 0.15) is 11.8 Å². The number of rotatable bonds is 4. The summed E-state index contributed by atoms with van der Waals surface area (Å²) >= 11 is 0. The summed E-state index contributed by atoms with van der Waals surface area (Å²) in [6.45, 7) is 2.88. The van der Waals surface area contributed by atoms with Crippen LogP contribution in [0.2, 0.25) is 0 Å². The Hall–Kier alpha value is -2.15. The van der Waals surface area contributed by atoms with E-state index in [1.54, 1.807) is 4.80 Å². The number of hydrogen-bond acceptors (Lipinski definition) is 3. The van der Waals surface area contributed by atoms with Gasteiger partial charge in [-0.05, 0) is 6.42 Å². The van der Waals surface area contributed by atoms with Crippen molar-refractivity contribution >= 4 is 0 Å². The second-order valence-electron chi connectivity index (χ2n) is 3.82. The first-order valence-electron chi connectivity index (χ1n) is 5.75. The van der Waals surface area contributed by atoms with Gasteiger partial charge < -0.3 is 0 Å². The van der Waals surface area contributed by atoms with E-state index in [1.807, 2.05) is 30.3 Å². The Morgan fingerprint density at radius 3 is 2.65 bits per heavy atom. The lowest BCUT2D eigenvalue weighted by molar-refractivity contribution is 0.508. The van der Waals surface area contributed by atoms with Crippen molar-refractivity contribution in [3.05, 3.63) is 36.0 Å². The van der Waals surface area contributed by atoms with Crippen LogP contribution in [0.25, 0.3) is 11.3 Å². The van der Waals surface area contributed by atoms with Gasteiger partial charge in [-0.2, -0.15) is 15.2 Å². The summed E-state index contributed by atoms with van der Waals surface area (Å²) in [6, 6.07) is 11.8. The van der Waals surface area contributed by atoms with Gasteiger partial charge in [-0.25, -0.2) is 0 Å². The van der Waals surface area contributed by atoms with Gasteiger partial charge in [0.2, 0.25) is 0 Å². The van der Waals surface area contributed by atoms with Crippen LogP contribution in [-0.2, 0) is 6.54 Å². The molecule has 0 aliphatic carbocycles. The van der Waals surface area contributed by atoms with Crippen LogP contribution in [0.3, 0.4) is 0 Å². The zero-order valence-electron chi connectivity index (χ0n) is 9.80. The number of aromatic nitrogens is 3. The first-order chi connectivity index (χ1) is 8.35. The van der Waals surface area contributed by atoms with Gasteiger partial charge in [0.05, 0.1) is 6.54 Å². The van der Waals surface area contributed by atoms with Gasteiger partial charge in [0.15, 0.2) is 5.69 Å². The normalized spacial score (nSPS) is 10.1. The molecule has 4 heteroatoms. The molecule has 0 unspecified atom stereocenters. The van der Waals surface area contributed by atoms with E-state index >= 15 is 0 Å². The zero-order valence-corrected chi connectivity index (χ0v) is 9.80. The maximum atomic E-state index is 9.05. The maximum absolute atomic E-state index is 9.05. The van der Waals surface area contributed by atoms with Gasteiger partial charge in [0, 0.05) is 5.56 Å². The van der Waals surface area contributed by atoms with E-state index in [2.05, 4.69) is 23.2 Å². The van der Waals surface area contributed by atoms with E-state index in [-0.39, 0.29) is 0 Å². The van der Waals surface area contributed by atoms with Crippen molar-refractivity contribution in [3.8, 4) is 17.3 Å². The van der Waals surface area contributed by atoms with Crippen LogP contribution in [0.15, 0.2) is 30.3 Å². The molecule has 0 atom stereocenters. The molecule has 0 spiro atoms. The Labute approximate surface area is 101 Å². The highest BCUT2D eigenvalue weighted by Gasteiger charge is 2.11. The standard InChI is InChI=1S/C13H14N4/c1-2-3-9-17-15-12(10-14)13(16-17)11-7-5-4-6-8-11/h4-8H,2-3,9H2,1H3.